The fourth-order valence-electron chi connectivity index (χ4n) is 1.53. The molecular formula is C11H10Cl2FN. The molecule has 0 N–H and O–H groups in total. The Morgan fingerprint density at radius 3 is 2.73 bits per heavy atom. The molecule has 0 atom stereocenters. The second-order valence-corrected chi connectivity index (χ2v) is 3.49. The first-order valence-corrected chi connectivity index (χ1v) is 4.86. The van der Waals surface area contributed by atoms with Crippen LogP contribution >= 0.6 is 24.0 Å². The molecule has 0 aliphatic rings. The van der Waals surface area contributed by atoms with Gasteiger partial charge in [0.15, 0.2) is 0 Å². The van der Waals surface area contributed by atoms with E-state index in [1.165, 1.54) is 12.1 Å². The van der Waals surface area contributed by atoms with E-state index in [0.717, 1.165) is 22.2 Å². The van der Waals surface area contributed by atoms with Crippen LogP contribution in [0, 0.1) is 12.7 Å². The Bertz CT molecular complexity index is 485. The van der Waals surface area contributed by atoms with Crippen molar-refractivity contribution in [2.45, 2.75) is 12.8 Å². The molecule has 0 saturated heterocycles. The highest BCUT2D eigenvalue weighted by molar-refractivity contribution is 6.18. The summed E-state index contributed by atoms with van der Waals surface area (Å²) in [4.78, 5) is 4.30. The van der Waals surface area contributed by atoms with Crippen LogP contribution in [-0.4, -0.2) is 4.98 Å². The molecule has 2 aromatic rings. The van der Waals surface area contributed by atoms with E-state index >= 15 is 0 Å². The maximum atomic E-state index is 13.0. The summed E-state index contributed by atoms with van der Waals surface area (Å²) in [5.41, 5.74) is 2.62. The smallest absolute Gasteiger partial charge is 0.123 e. The molecule has 0 aliphatic heterocycles. The fourth-order valence-corrected chi connectivity index (χ4v) is 1.75. The minimum Gasteiger partial charge on any atom is -0.253 e. The fraction of sp³-hybridized carbons (Fsp3) is 0.182. The van der Waals surface area contributed by atoms with Crippen LogP contribution in [0.4, 0.5) is 4.39 Å². The third-order valence-electron chi connectivity index (χ3n) is 2.13. The van der Waals surface area contributed by atoms with Gasteiger partial charge in [-0.1, -0.05) is 0 Å². The second kappa shape index (κ2) is 4.77. The van der Waals surface area contributed by atoms with Gasteiger partial charge < -0.3 is 0 Å². The Kier molecular flexibility index (Phi) is 3.89. The van der Waals surface area contributed by atoms with Gasteiger partial charge in [0.2, 0.25) is 0 Å². The third-order valence-corrected chi connectivity index (χ3v) is 2.42. The van der Waals surface area contributed by atoms with Gasteiger partial charge in [-0.15, -0.1) is 24.0 Å². The minimum absolute atomic E-state index is 0. The molecule has 4 heteroatoms. The van der Waals surface area contributed by atoms with E-state index in [0.29, 0.717) is 5.88 Å². The topological polar surface area (TPSA) is 12.9 Å². The number of aryl methyl sites for hydroxylation is 1. The molecule has 15 heavy (non-hydrogen) atoms. The molecule has 0 unspecified atom stereocenters. The maximum absolute atomic E-state index is 13.0. The number of nitrogens with zero attached hydrogens (tertiary/aromatic N) is 1. The summed E-state index contributed by atoms with van der Waals surface area (Å²) >= 11 is 5.78. The van der Waals surface area contributed by atoms with E-state index in [1.807, 2.05) is 13.0 Å². The average molecular weight is 246 g/mol. The Labute approximate surface area is 98.7 Å². The van der Waals surface area contributed by atoms with Gasteiger partial charge in [0.05, 0.1) is 5.52 Å². The Balaban J connectivity index is 0.00000112. The van der Waals surface area contributed by atoms with Crippen LogP contribution in [0.1, 0.15) is 11.3 Å². The van der Waals surface area contributed by atoms with E-state index in [9.17, 15) is 4.39 Å². The van der Waals surface area contributed by atoms with Crippen LogP contribution in [0.25, 0.3) is 10.9 Å². The van der Waals surface area contributed by atoms with Crippen LogP contribution in [0.5, 0.6) is 0 Å². The maximum Gasteiger partial charge on any atom is 0.123 e. The highest BCUT2D eigenvalue weighted by atomic mass is 35.5. The van der Waals surface area contributed by atoms with Crippen LogP contribution in [0.15, 0.2) is 24.3 Å². The first-order valence-electron chi connectivity index (χ1n) is 4.32. The predicted octanol–water partition coefficient (Wildman–Crippen LogP) is 3.84. The first kappa shape index (κ1) is 12.2. The molecule has 2 rings (SSSR count). The van der Waals surface area contributed by atoms with E-state index < -0.39 is 0 Å². The van der Waals surface area contributed by atoms with E-state index in [4.69, 9.17) is 11.6 Å². The van der Waals surface area contributed by atoms with Gasteiger partial charge in [-0.3, -0.25) is 4.98 Å². The number of alkyl halides is 1. The summed E-state index contributed by atoms with van der Waals surface area (Å²) in [6.07, 6.45) is 0. The molecule has 0 bridgehead atoms. The molecule has 0 fully saturated rings. The lowest BCUT2D eigenvalue weighted by Crippen LogP contribution is -1.90. The summed E-state index contributed by atoms with van der Waals surface area (Å²) in [5.74, 6) is 0.123. The second-order valence-electron chi connectivity index (χ2n) is 3.22. The number of pyridine rings is 1. The van der Waals surface area contributed by atoms with Crippen molar-refractivity contribution in [2.24, 2.45) is 0 Å². The molecule has 0 radical (unpaired) electrons. The largest absolute Gasteiger partial charge is 0.253 e. The van der Waals surface area contributed by atoms with Gasteiger partial charge in [-0.05, 0) is 36.8 Å². The lowest BCUT2D eigenvalue weighted by atomic mass is 10.1. The molecule has 1 aromatic carbocycles. The van der Waals surface area contributed by atoms with Gasteiger partial charge >= 0.3 is 0 Å². The SMILES string of the molecule is Cc1cc(CCl)c2cc(F)ccc2n1.Cl. The van der Waals surface area contributed by atoms with Gasteiger partial charge in [0, 0.05) is 17.0 Å². The van der Waals surface area contributed by atoms with Crippen molar-refractivity contribution >= 4 is 34.9 Å². The van der Waals surface area contributed by atoms with E-state index in [1.54, 1.807) is 6.07 Å². The van der Waals surface area contributed by atoms with Gasteiger partial charge in [0.25, 0.3) is 0 Å². The third kappa shape index (κ3) is 2.39. The highest BCUT2D eigenvalue weighted by Crippen LogP contribution is 2.20. The van der Waals surface area contributed by atoms with Crippen molar-refractivity contribution in [1.82, 2.24) is 4.98 Å². The zero-order valence-corrected chi connectivity index (χ0v) is 9.70. The van der Waals surface area contributed by atoms with Gasteiger partial charge in [-0.2, -0.15) is 0 Å². The molecule has 1 nitrogen and oxygen atoms in total. The molecule has 1 aromatic heterocycles. The summed E-state index contributed by atoms with van der Waals surface area (Å²) < 4.78 is 13.0. The van der Waals surface area contributed by atoms with Gasteiger partial charge in [0.1, 0.15) is 5.82 Å². The predicted molar refractivity (Wildman–Crippen MR) is 63.2 cm³/mol. The number of halogens is 3. The first-order chi connectivity index (χ1) is 6.70. The zero-order valence-electron chi connectivity index (χ0n) is 8.13. The van der Waals surface area contributed by atoms with E-state index in [-0.39, 0.29) is 18.2 Å². The summed E-state index contributed by atoms with van der Waals surface area (Å²) in [5, 5.41) is 0.797. The number of aromatic nitrogens is 1. The normalized spacial score (nSPS) is 10.1. The lowest BCUT2D eigenvalue weighted by Gasteiger charge is -2.04. The molecular weight excluding hydrogens is 236 g/mol. The van der Waals surface area contributed by atoms with Crippen LogP contribution in [0.3, 0.4) is 0 Å². The minimum atomic E-state index is -0.255. The monoisotopic (exact) mass is 245 g/mol. The molecule has 0 amide bonds. The average Bonchev–Trinajstić information content (AvgIpc) is 2.17. The Hall–Kier alpha value is -0.860. The van der Waals surface area contributed by atoms with Crippen LogP contribution in [0.2, 0.25) is 0 Å². The molecule has 1 heterocycles. The van der Waals surface area contributed by atoms with Crippen molar-refractivity contribution in [3.63, 3.8) is 0 Å². The number of fused-ring (bicyclic) bond motifs is 1. The standard InChI is InChI=1S/C11H9ClFN.ClH/c1-7-4-8(6-12)10-5-9(13)2-3-11(10)14-7;/h2-5H,6H2,1H3;1H. The summed E-state index contributed by atoms with van der Waals surface area (Å²) in [6.45, 7) is 1.90. The van der Waals surface area contributed by atoms with Crippen LogP contribution < -0.4 is 0 Å². The Morgan fingerprint density at radius 1 is 1.33 bits per heavy atom. The van der Waals surface area contributed by atoms with Crippen molar-refractivity contribution < 1.29 is 4.39 Å². The van der Waals surface area contributed by atoms with Crippen molar-refractivity contribution in [2.75, 3.05) is 0 Å². The van der Waals surface area contributed by atoms with Crippen LogP contribution in [-0.2, 0) is 5.88 Å². The zero-order chi connectivity index (χ0) is 10.1. The molecule has 80 valence electrons. The van der Waals surface area contributed by atoms with Crippen molar-refractivity contribution in [3.05, 3.63) is 41.3 Å². The quantitative estimate of drug-likeness (QED) is 0.696. The number of hydrogen-bond donors (Lipinski definition) is 0. The summed E-state index contributed by atoms with van der Waals surface area (Å²) in [7, 11) is 0. The van der Waals surface area contributed by atoms with Crippen molar-refractivity contribution in [3.8, 4) is 0 Å². The Morgan fingerprint density at radius 2 is 2.07 bits per heavy atom. The molecule has 0 saturated carbocycles. The number of rotatable bonds is 1. The van der Waals surface area contributed by atoms with Crippen molar-refractivity contribution in [1.29, 1.82) is 0 Å². The molecule has 0 spiro atoms. The molecule has 0 aliphatic carbocycles. The van der Waals surface area contributed by atoms with E-state index in [2.05, 4.69) is 4.98 Å². The lowest BCUT2D eigenvalue weighted by molar-refractivity contribution is 0.629. The highest BCUT2D eigenvalue weighted by Gasteiger charge is 2.03. The summed E-state index contributed by atoms with van der Waals surface area (Å²) in [6, 6.07) is 6.44. The number of benzene rings is 1. The number of hydrogen-bond acceptors (Lipinski definition) is 1. The van der Waals surface area contributed by atoms with Gasteiger partial charge in [-0.25, -0.2) is 4.39 Å².